The number of aromatic nitrogens is 4. The lowest BCUT2D eigenvalue weighted by Gasteiger charge is -2.33. The second-order valence-corrected chi connectivity index (χ2v) is 5.97. The molecule has 0 spiro atoms. The fourth-order valence-corrected chi connectivity index (χ4v) is 2.88. The molecule has 0 amide bonds. The molecule has 1 saturated heterocycles. The molecule has 1 aliphatic heterocycles. The van der Waals surface area contributed by atoms with Crippen LogP contribution in [0.5, 0.6) is 5.75 Å². The first-order valence-corrected chi connectivity index (χ1v) is 8.22. The number of rotatable bonds is 7. The summed E-state index contributed by atoms with van der Waals surface area (Å²) >= 11 is 0. The zero-order valence-electron chi connectivity index (χ0n) is 14.5. The van der Waals surface area contributed by atoms with Crippen molar-refractivity contribution in [2.24, 2.45) is 0 Å². The molecule has 0 radical (unpaired) electrons. The number of methoxy groups -OCH3 is 1. The van der Waals surface area contributed by atoms with Crippen LogP contribution in [0.2, 0.25) is 0 Å². The van der Waals surface area contributed by atoms with Gasteiger partial charge in [-0.25, -0.2) is 4.68 Å². The maximum Gasteiger partial charge on any atom is 0.165 e. The highest BCUT2D eigenvalue weighted by Crippen LogP contribution is 2.13. The third kappa shape index (κ3) is 5.26. The fourth-order valence-electron chi connectivity index (χ4n) is 2.88. The maximum absolute atomic E-state index is 5.19. The SMILES string of the molecule is C=CCN1CCN(Cc2nnnn2Cc2ccc(OC)cc2)CC1.Cl. The van der Waals surface area contributed by atoms with E-state index in [0.717, 1.165) is 56.4 Å². The van der Waals surface area contributed by atoms with Crippen LogP contribution in [0.1, 0.15) is 11.4 Å². The Labute approximate surface area is 154 Å². The number of hydrogen-bond acceptors (Lipinski definition) is 6. The van der Waals surface area contributed by atoms with E-state index in [9.17, 15) is 0 Å². The van der Waals surface area contributed by atoms with Crippen molar-refractivity contribution in [2.75, 3.05) is 39.8 Å². The smallest absolute Gasteiger partial charge is 0.165 e. The van der Waals surface area contributed by atoms with Gasteiger partial charge in [-0.15, -0.1) is 24.1 Å². The van der Waals surface area contributed by atoms with Crippen LogP contribution in [-0.2, 0) is 13.1 Å². The average Bonchev–Trinajstić information content (AvgIpc) is 3.04. The van der Waals surface area contributed by atoms with Crippen LogP contribution in [0.25, 0.3) is 0 Å². The molecule has 8 heteroatoms. The van der Waals surface area contributed by atoms with E-state index in [2.05, 4.69) is 31.9 Å². The van der Waals surface area contributed by atoms with E-state index < -0.39 is 0 Å². The van der Waals surface area contributed by atoms with Crippen LogP contribution in [0.4, 0.5) is 0 Å². The second kappa shape index (κ2) is 9.50. The molecule has 1 fully saturated rings. The minimum absolute atomic E-state index is 0. The predicted octanol–water partition coefficient (Wildman–Crippen LogP) is 1.46. The summed E-state index contributed by atoms with van der Waals surface area (Å²) in [5, 5.41) is 12.2. The van der Waals surface area contributed by atoms with E-state index in [-0.39, 0.29) is 12.4 Å². The summed E-state index contributed by atoms with van der Waals surface area (Å²) < 4.78 is 7.06. The van der Waals surface area contributed by atoms with Gasteiger partial charge in [0.05, 0.1) is 20.2 Å². The van der Waals surface area contributed by atoms with Gasteiger partial charge in [-0.05, 0) is 28.1 Å². The molecule has 0 atom stereocenters. The van der Waals surface area contributed by atoms with Gasteiger partial charge < -0.3 is 4.74 Å². The van der Waals surface area contributed by atoms with Crippen molar-refractivity contribution in [3.8, 4) is 5.75 Å². The maximum atomic E-state index is 5.19. The molecule has 25 heavy (non-hydrogen) atoms. The number of halogens is 1. The van der Waals surface area contributed by atoms with Crippen LogP contribution >= 0.6 is 12.4 Å². The van der Waals surface area contributed by atoms with Gasteiger partial charge in [0.1, 0.15) is 5.75 Å². The lowest BCUT2D eigenvalue weighted by Crippen LogP contribution is -2.46. The molecule has 0 saturated carbocycles. The predicted molar refractivity (Wildman–Crippen MR) is 99.1 cm³/mol. The zero-order chi connectivity index (χ0) is 16.8. The summed E-state index contributed by atoms with van der Waals surface area (Å²) in [6, 6.07) is 7.99. The molecule has 1 aliphatic rings. The number of tetrazole rings is 1. The van der Waals surface area contributed by atoms with Gasteiger partial charge >= 0.3 is 0 Å². The van der Waals surface area contributed by atoms with Crippen molar-refractivity contribution in [3.05, 3.63) is 48.3 Å². The van der Waals surface area contributed by atoms with Gasteiger partial charge in [0.15, 0.2) is 5.82 Å². The Morgan fingerprint density at radius 2 is 1.76 bits per heavy atom. The van der Waals surface area contributed by atoms with Crippen molar-refractivity contribution < 1.29 is 4.74 Å². The van der Waals surface area contributed by atoms with Gasteiger partial charge in [0.25, 0.3) is 0 Å². The third-order valence-corrected chi connectivity index (χ3v) is 4.31. The molecule has 0 unspecified atom stereocenters. The Hall–Kier alpha value is -1.96. The van der Waals surface area contributed by atoms with Crippen LogP contribution in [0, 0.1) is 0 Å². The average molecular weight is 365 g/mol. The van der Waals surface area contributed by atoms with Crippen LogP contribution in [0.15, 0.2) is 36.9 Å². The third-order valence-electron chi connectivity index (χ3n) is 4.31. The highest BCUT2D eigenvalue weighted by atomic mass is 35.5. The topological polar surface area (TPSA) is 59.3 Å². The summed E-state index contributed by atoms with van der Waals surface area (Å²) in [5.74, 6) is 1.76. The quantitative estimate of drug-likeness (QED) is 0.693. The molecule has 0 aliphatic carbocycles. The largest absolute Gasteiger partial charge is 0.497 e. The monoisotopic (exact) mass is 364 g/mol. The highest BCUT2D eigenvalue weighted by molar-refractivity contribution is 5.85. The minimum atomic E-state index is 0. The fraction of sp³-hybridized carbons (Fsp3) is 0.471. The molecule has 2 aromatic rings. The number of piperazine rings is 1. The Morgan fingerprint density at radius 3 is 2.40 bits per heavy atom. The molecule has 136 valence electrons. The first-order valence-electron chi connectivity index (χ1n) is 8.22. The Bertz CT molecular complexity index is 651. The molecular weight excluding hydrogens is 340 g/mol. The van der Waals surface area contributed by atoms with Crippen molar-refractivity contribution in [1.29, 1.82) is 0 Å². The van der Waals surface area contributed by atoms with Gasteiger partial charge in [-0.3, -0.25) is 9.80 Å². The summed E-state index contributed by atoms with van der Waals surface area (Å²) in [6.07, 6.45) is 1.96. The minimum Gasteiger partial charge on any atom is -0.497 e. The van der Waals surface area contributed by atoms with Crippen LogP contribution < -0.4 is 4.74 Å². The van der Waals surface area contributed by atoms with Crippen LogP contribution in [-0.4, -0.2) is 69.8 Å². The molecule has 1 aromatic heterocycles. The van der Waals surface area contributed by atoms with Crippen molar-refractivity contribution in [2.45, 2.75) is 13.1 Å². The summed E-state index contributed by atoms with van der Waals surface area (Å²) in [7, 11) is 1.67. The van der Waals surface area contributed by atoms with Gasteiger partial charge in [-0.1, -0.05) is 18.2 Å². The summed E-state index contributed by atoms with van der Waals surface area (Å²) in [6.45, 7) is 10.4. The molecule has 7 nitrogen and oxygen atoms in total. The molecular formula is C17H25ClN6O. The molecule has 0 N–H and O–H groups in total. The standard InChI is InChI=1S/C17H24N6O.ClH/c1-3-8-21-9-11-22(12-10-21)14-17-18-19-20-23(17)13-15-4-6-16(24-2)7-5-15;/h3-7H,1,8-14H2,2H3;1H. The number of nitrogens with zero attached hydrogens (tertiary/aromatic N) is 6. The van der Waals surface area contributed by atoms with Gasteiger partial charge in [0.2, 0.25) is 0 Å². The Balaban J connectivity index is 0.00000225. The summed E-state index contributed by atoms with van der Waals surface area (Å²) in [5.41, 5.74) is 1.15. The lowest BCUT2D eigenvalue weighted by atomic mass is 10.2. The van der Waals surface area contributed by atoms with Crippen LogP contribution in [0.3, 0.4) is 0 Å². The number of ether oxygens (including phenoxy) is 1. The first-order chi connectivity index (χ1) is 11.8. The molecule has 2 heterocycles. The van der Waals surface area contributed by atoms with E-state index in [0.29, 0.717) is 6.54 Å². The molecule has 1 aromatic carbocycles. The zero-order valence-corrected chi connectivity index (χ0v) is 15.4. The van der Waals surface area contributed by atoms with E-state index >= 15 is 0 Å². The van der Waals surface area contributed by atoms with Crippen molar-refractivity contribution in [3.63, 3.8) is 0 Å². The Morgan fingerprint density at radius 1 is 1.08 bits per heavy atom. The van der Waals surface area contributed by atoms with E-state index in [1.54, 1.807) is 7.11 Å². The normalized spacial score (nSPS) is 15.6. The molecule has 0 bridgehead atoms. The van der Waals surface area contributed by atoms with Gasteiger partial charge in [0, 0.05) is 32.7 Å². The second-order valence-electron chi connectivity index (χ2n) is 5.97. The highest BCUT2D eigenvalue weighted by Gasteiger charge is 2.18. The van der Waals surface area contributed by atoms with E-state index in [1.807, 2.05) is 35.0 Å². The van der Waals surface area contributed by atoms with Crippen molar-refractivity contribution in [1.82, 2.24) is 30.0 Å². The van der Waals surface area contributed by atoms with Gasteiger partial charge in [-0.2, -0.15) is 0 Å². The first kappa shape index (κ1) is 19.4. The lowest BCUT2D eigenvalue weighted by molar-refractivity contribution is 0.133. The number of hydrogen-bond donors (Lipinski definition) is 0. The Kier molecular flexibility index (Phi) is 7.36. The number of benzene rings is 1. The molecule has 3 rings (SSSR count). The van der Waals surface area contributed by atoms with E-state index in [4.69, 9.17) is 4.74 Å². The van der Waals surface area contributed by atoms with E-state index in [1.165, 1.54) is 0 Å². The van der Waals surface area contributed by atoms with Crippen molar-refractivity contribution >= 4 is 12.4 Å². The summed E-state index contributed by atoms with van der Waals surface area (Å²) in [4.78, 5) is 4.81.